The SMILES string of the molecule is CCC1(C(=O)O)CCN(C(=O)NCC(C)N2CCCC2)C1. The lowest BCUT2D eigenvalue weighted by atomic mass is 9.84. The molecule has 2 aliphatic heterocycles. The first kappa shape index (κ1) is 16.1. The van der Waals surface area contributed by atoms with Crippen LogP contribution in [0.4, 0.5) is 4.79 Å². The minimum absolute atomic E-state index is 0.127. The smallest absolute Gasteiger partial charge is 0.317 e. The molecule has 6 heteroatoms. The van der Waals surface area contributed by atoms with Crippen LogP contribution in [0.5, 0.6) is 0 Å². The van der Waals surface area contributed by atoms with Gasteiger partial charge < -0.3 is 15.3 Å². The Hall–Kier alpha value is -1.30. The third-order valence-corrected chi connectivity index (χ3v) is 5.08. The van der Waals surface area contributed by atoms with Gasteiger partial charge in [-0.25, -0.2) is 4.79 Å². The molecule has 0 spiro atoms. The Morgan fingerprint density at radius 1 is 1.29 bits per heavy atom. The average molecular weight is 297 g/mol. The molecule has 0 aromatic rings. The molecule has 0 saturated carbocycles. The van der Waals surface area contributed by atoms with E-state index in [1.807, 2.05) is 6.92 Å². The molecule has 0 bridgehead atoms. The van der Waals surface area contributed by atoms with Crippen molar-refractivity contribution in [3.05, 3.63) is 0 Å². The topological polar surface area (TPSA) is 72.9 Å². The van der Waals surface area contributed by atoms with Crippen molar-refractivity contribution in [3.63, 3.8) is 0 Å². The highest BCUT2D eigenvalue weighted by Gasteiger charge is 2.44. The van der Waals surface area contributed by atoms with Crippen molar-refractivity contribution in [2.75, 3.05) is 32.7 Å². The number of rotatable bonds is 5. The van der Waals surface area contributed by atoms with E-state index in [1.165, 1.54) is 12.8 Å². The number of nitrogens with one attached hydrogen (secondary N) is 1. The van der Waals surface area contributed by atoms with Crippen molar-refractivity contribution < 1.29 is 14.7 Å². The first-order chi connectivity index (χ1) is 9.98. The van der Waals surface area contributed by atoms with Crippen LogP contribution in [0.3, 0.4) is 0 Å². The van der Waals surface area contributed by atoms with Crippen LogP contribution in [-0.4, -0.2) is 65.7 Å². The molecule has 2 heterocycles. The normalized spacial score (nSPS) is 27.8. The van der Waals surface area contributed by atoms with Crippen molar-refractivity contribution in [2.24, 2.45) is 5.41 Å². The molecule has 2 atom stereocenters. The molecule has 2 N–H and O–H groups in total. The van der Waals surface area contributed by atoms with E-state index in [4.69, 9.17) is 0 Å². The summed E-state index contributed by atoms with van der Waals surface area (Å²) in [5, 5.41) is 12.3. The largest absolute Gasteiger partial charge is 0.481 e. The van der Waals surface area contributed by atoms with E-state index in [2.05, 4.69) is 17.1 Å². The van der Waals surface area contributed by atoms with Gasteiger partial charge in [-0.3, -0.25) is 9.69 Å². The maximum Gasteiger partial charge on any atom is 0.317 e. The number of carbonyl (C=O) groups is 2. The summed E-state index contributed by atoms with van der Waals surface area (Å²) in [7, 11) is 0. The quantitative estimate of drug-likeness (QED) is 0.804. The first-order valence-corrected chi connectivity index (χ1v) is 7.99. The molecule has 6 nitrogen and oxygen atoms in total. The van der Waals surface area contributed by atoms with Gasteiger partial charge in [0, 0.05) is 25.7 Å². The van der Waals surface area contributed by atoms with Crippen molar-refractivity contribution in [1.29, 1.82) is 0 Å². The number of nitrogens with zero attached hydrogens (tertiary/aromatic N) is 2. The Morgan fingerprint density at radius 3 is 2.48 bits per heavy atom. The molecule has 2 amide bonds. The second-order valence-corrected chi connectivity index (χ2v) is 6.39. The number of hydrogen-bond acceptors (Lipinski definition) is 3. The van der Waals surface area contributed by atoms with Crippen LogP contribution in [0.1, 0.15) is 39.5 Å². The van der Waals surface area contributed by atoms with Crippen LogP contribution in [0.2, 0.25) is 0 Å². The lowest BCUT2D eigenvalue weighted by Gasteiger charge is -2.26. The molecule has 0 radical (unpaired) electrons. The highest BCUT2D eigenvalue weighted by molar-refractivity contribution is 5.79. The number of urea groups is 1. The highest BCUT2D eigenvalue weighted by atomic mass is 16.4. The van der Waals surface area contributed by atoms with E-state index in [0.29, 0.717) is 38.5 Å². The number of likely N-dealkylation sites (tertiary alicyclic amines) is 2. The number of carboxylic acid groups (broad SMARTS) is 1. The fourth-order valence-corrected chi connectivity index (χ4v) is 3.32. The molecular weight excluding hydrogens is 270 g/mol. The van der Waals surface area contributed by atoms with E-state index >= 15 is 0 Å². The van der Waals surface area contributed by atoms with Gasteiger partial charge >= 0.3 is 12.0 Å². The van der Waals surface area contributed by atoms with Crippen LogP contribution in [0.25, 0.3) is 0 Å². The Morgan fingerprint density at radius 2 is 1.95 bits per heavy atom. The second kappa shape index (κ2) is 6.64. The van der Waals surface area contributed by atoms with Crippen LogP contribution >= 0.6 is 0 Å². The molecule has 0 aromatic carbocycles. The summed E-state index contributed by atoms with van der Waals surface area (Å²) >= 11 is 0. The molecule has 0 aliphatic carbocycles. The molecule has 120 valence electrons. The zero-order valence-electron chi connectivity index (χ0n) is 13.1. The van der Waals surface area contributed by atoms with E-state index < -0.39 is 11.4 Å². The van der Waals surface area contributed by atoms with Gasteiger partial charge in [-0.2, -0.15) is 0 Å². The molecule has 2 unspecified atom stereocenters. The fraction of sp³-hybridized carbons (Fsp3) is 0.867. The number of amides is 2. The van der Waals surface area contributed by atoms with Crippen molar-refractivity contribution >= 4 is 12.0 Å². The summed E-state index contributed by atoms with van der Waals surface area (Å²) < 4.78 is 0. The summed E-state index contributed by atoms with van der Waals surface area (Å²) in [5.41, 5.74) is -0.752. The van der Waals surface area contributed by atoms with Crippen molar-refractivity contribution in [3.8, 4) is 0 Å². The van der Waals surface area contributed by atoms with Gasteiger partial charge in [0.2, 0.25) is 0 Å². The summed E-state index contributed by atoms with van der Waals surface area (Å²) in [5.74, 6) is -0.786. The number of carbonyl (C=O) groups excluding carboxylic acids is 1. The molecule has 2 saturated heterocycles. The summed E-state index contributed by atoms with van der Waals surface area (Å²) in [4.78, 5) is 27.6. The minimum atomic E-state index is -0.786. The third kappa shape index (κ3) is 3.48. The van der Waals surface area contributed by atoms with Gasteiger partial charge in [-0.15, -0.1) is 0 Å². The molecule has 2 aliphatic rings. The van der Waals surface area contributed by atoms with Gasteiger partial charge in [0.05, 0.1) is 5.41 Å². The number of hydrogen-bond donors (Lipinski definition) is 2. The first-order valence-electron chi connectivity index (χ1n) is 7.99. The maximum absolute atomic E-state index is 12.2. The van der Waals surface area contributed by atoms with Crippen LogP contribution in [0.15, 0.2) is 0 Å². The van der Waals surface area contributed by atoms with Gasteiger partial charge in [0.25, 0.3) is 0 Å². The second-order valence-electron chi connectivity index (χ2n) is 6.39. The predicted molar refractivity (Wildman–Crippen MR) is 80.2 cm³/mol. The molecule has 2 rings (SSSR count). The highest BCUT2D eigenvalue weighted by Crippen LogP contribution is 2.34. The number of aliphatic carboxylic acids is 1. The van der Waals surface area contributed by atoms with E-state index in [1.54, 1.807) is 4.90 Å². The van der Waals surface area contributed by atoms with Gasteiger partial charge in [0.15, 0.2) is 0 Å². The van der Waals surface area contributed by atoms with E-state index in [9.17, 15) is 14.7 Å². The maximum atomic E-state index is 12.2. The van der Waals surface area contributed by atoms with Gasteiger partial charge in [-0.1, -0.05) is 6.92 Å². The Labute approximate surface area is 126 Å². The summed E-state index contributed by atoms with van der Waals surface area (Å²) in [6.45, 7) is 7.71. The minimum Gasteiger partial charge on any atom is -0.481 e. The Balaban J connectivity index is 1.80. The van der Waals surface area contributed by atoms with Crippen LogP contribution in [-0.2, 0) is 4.79 Å². The zero-order valence-corrected chi connectivity index (χ0v) is 13.1. The van der Waals surface area contributed by atoms with E-state index in [-0.39, 0.29) is 6.03 Å². The van der Waals surface area contributed by atoms with Crippen molar-refractivity contribution in [2.45, 2.75) is 45.6 Å². The Bertz CT molecular complexity index is 396. The molecule has 0 aromatic heterocycles. The lowest BCUT2D eigenvalue weighted by molar-refractivity contribution is -0.148. The van der Waals surface area contributed by atoms with Crippen LogP contribution < -0.4 is 5.32 Å². The van der Waals surface area contributed by atoms with Gasteiger partial charge in [0.1, 0.15) is 0 Å². The van der Waals surface area contributed by atoms with Crippen LogP contribution in [0, 0.1) is 5.41 Å². The zero-order chi connectivity index (χ0) is 15.5. The van der Waals surface area contributed by atoms with Crippen molar-refractivity contribution in [1.82, 2.24) is 15.1 Å². The molecular formula is C15H27N3O3. The fourth-order valence-electron chi connectivity index (χ4n) is 3.32. The van der Waals surface area contributed by atoms with E-state index in [0.717, 1.165) is 13.1 Å². The average Bonchev–Trinajstić information content (AvgIpc) is 3.13. The third-order valence-electron chi connectivity index (χ3n) is 5.08. The standard InChI is InChI=1S/C15H27N3O3/c1-3-15(13(19)20)6-9-18(11-15)14(21)16-10-12(2)17-7-4-5-8-17/h12H,3-11H2,1-2H3,(H,16,21)(H,19,20). The van der Waals surface area contributed by atoms with Gasteiger partial charge in [-0.05, 0) is 45.7 Å². The summed E-state index contributed by atoms with van der Waals surface area (Å²) in [6.07, 6.45) is 3.59. The number of carboxylic acids is 1. The molecule has 2 fully saturated rings. The molecule has 21 heavy (non-hydrogen) atoms. The summed E-state index contributed by atoms with van der Waals surface area (Å²) in [6, 6.07) is 0.215. The Kier molecular flexibility index (Phi) is 5.08. The lowest BCUT2D eigenvalue weighted by Crippen LogP contribution is -2.46. The predicted octanol–water partition coefficient (Wildman–Crippen LogP) is 1.37. The monoisotopic (exact) mass is 297 g/mol.